The summed E-state index contributed by atoms with van der Waals surface area (Å²) in [4.78, 5) is 11.8. The minimum Gasteiger partial charge on any atom is -0.465 e. The molecule has 1 unspecified atom stereocenters. The number of benzene rings is 2. The van der Waals surface area contributed by atoms with Crippen LogP contribution in [0.4, 0.5) is 5.69 Å². The minimum atomic E-state index is -0.403. The SMILES string of the molecule is COC(=O)c1ccccc1N=NC(C)Cc1ccc(C(C)(C)C)cc1. The van der Waals surface area contributed by atoms with Gasteiger partial charge in [-0.2, -0.15) is 10.2 Å². The molecule has 0 aliphatic rings. The van der Waals surface area contributed by atoms with E-state index in [-0.39, 0.29) is 11.5 Å². The molecular formula is C21H26N2O2. The predicted octanol–water partition coefficient (Wildman–Crippen LogP) is 5.49. The number of ether oxygens (including phenoxy) is 1. The Bertz CT molecular complexity index is 743. The first-order chi connectivity index (χ1) is 11.8. The maximum Gasteiger partial charge on any atom is 0.340 e. The highest BCUT2D eigenvalue weighted by molar-refractivity contribution is 5.94. The summed E-state index contributed by atoms with van der Waals surface area (Å²) in [7, 11) is 1.36. The number of hydrogen-bond acceptors (Lipinski definition) is 4. The van der Waals surface area contributed by atoms with E-state index in [1.165, 1.54) is 18.2 Å². The fraction of sp³-hybridized carbons (Fsp3) is 0.381. The molecule has 2 rings (SSSR count). The quantitative estimate of drug-likeness (QED) is 0.535. The van der Waals surface area contributed by atoms with Crippen molar-refractivity contribution in [3.8, 4) is 0 Å². The molecule has 0 aliphatic carbocycles. The second kappa shape index (κ2) is 8.06. The minimum absolute atomic E-state index is 0.0196. The van der Waals surface area contributed by atoms with Crippen molar-refractivity contribution in [1.82, 2.24) is 0 Å². The van der Waals surface area contributed by atoms with E-state index in [0.717, 1.165) is 6.42 Å². The molecule has 0 saturated carbocycles. The van der Waals surface area contributed by atoms with Crippen LogP contribution in [-0.2, 0) is 16.6 Å². The molecule has 2 aromatic carbocycles. The molecule has 0 aliphatic heterocycles. The number of methoxy groups -OCH3 is 1. The monoisotopic (exact) mass is 338 g/mol. The molecule has 1 atom stereocenters. The van der Waals surface area contributed by atoms with Crippen LogP contribution in [-0.4, -0.2) is 19.1 Å². The highest BCUT2D eigenvalue weighted by atomic mass is 16.5. The zero-order valence-electron chi connectivity index (χ0n) is 15.6. The van der Waals surface area contributed by atoms with E-state index in [1.54, 1.807) is 18.2 Å². The van der Waals surface area contributed by atoms with Gasteiger partial charge in [0.05, 0.1) is 24.4 Å². The van der Waals surface area contributed by atoms with E-state index < -0.39 is 5.97 Å². The van der Waals surface area contributed by atoms with Gasteiger partial charge in [0.15, 0.2) is 0 Å². The third-order valence-corrected chi connectivity index (χ3v) is 4.02. The Morgan fingerprint density at radius 3 is 2.32 bits per heavy atom. The van der Waals surface area contributed by atoms with Gasteiger partial charge in [-0.15, -0.1) is 0 Å². The van der Waals surface area contributed by atoms with Gasteiger partial charge in [-0.25, -0.2) is 4.79 Å². The Morgan fingerprint density at radius 2 is 1.72 bits per heavy atom. The van der Waals surface area contributed by atoms with Crippen LogP contribution in [0.5, 0.6) is 0 Å². The maximum atomic E-state index is 11.8. The Kier molecular flexibility index (Phi) is 6.07. The fourth-order valence-electron chi connectivity index (χ4n) is 2.53. The average Bonchev–Trinajstić information content (AvgIpc) is 2.59. The largest absolute Gasteiger partial charge is 0.465 e. The number of esters is 1. The average molecular weight is 338 g/mol. The lowest BCUT2D eigenvalue weighted by Crippen LogP contribution is -2.11. The van der Waals surface area contributed by atoms with E-state index in [2.05, 4.69) is 55.3 Å². The van der Waals surface area contributed by atoms with Gasteiger partial charge in [-0.1, -0.05) is 57.2 Å². The summed E-state index contributed by atoms with van der Waals surface area (Å²) in [5.41, 5.74) is 3.65. The summed E-state index contributed by atoms with van der Waals surface area (Å²) in [6.07, 6.45) is 0.800. The Labute approximate surface area is 149 Å². The van der Waals surface area contributed by atoms with Gasteiger partial charge in [0.25, 0.3) is 0 Å². The highest BCUT2D eigenvalue weighted by Crippen LogP contribution is 2.23. The lowest BCUT2D eigenvalue weighted by Gasteiger charge is -2.19. The Balaban J connectivity index is 2.06. The van der Waals surface area contributed by atoms with Gasteiger partial charge in [-0.05, 0) is 42.0 Å². The second-order valence-corrected chi connectivity index (χ2v) is 7.22. The molecule has 25 heavy (non-hydrogen) atoms. The van der Waals surface area contributed by atoms with Gasteiger partial charge in [0.2, 0.25) is 0 Å². The molecule has 2 aromatic rings. The molecule has 0 radical (unpaired) electrons. The molecular weight excluding hydrogens is 312 g/mol. The standard InChI is InChI=1S/C21H26N2O2/c1-15(14-16-10-12-17(13-11-16)21(2,3)4)22-23-19-9-7-6-8-18(19)20(24)25-5/h6-13,15H,14H2,1-5H3. The van der Waals surface area contributed by atoms with Crippen LogP contribution in [0, 0.1) is 0 Å². The van der Waals surface area contributed by atoms with Crippen LogP contribution in [0.15, 0.2) is 58.8 Å². The molecule has 0 bridgehead atoms. The first-order valence-electron chi connectivity index (χ1n) is 8.49. The van der Waals surface area contributed by atoms with Crippen LogP contribution in [0.3, 0.4) is 0 Å². The topological polar surface area (TPSA) is 51.0 Å². The zero-order valence-corrected chi connectivity index (χ0v) is 15.6. The van der Waals surface area contributed by atoms with Gasteiger partial charge in [0.1, 0.15) is 0 Å². The molecule has 0 N–H and O–H groups in total. The molecule has 0 heterocycles. The first kappa shape index (κ1) is 18.8. The molecule has 132 valence electrons. The van der Waals surface area contributed by atoms with Crippen molar-refractivity contribution in [2.75, 3.05) is 7.11 Å². The Hall–Kier alpha value is -2.49. The van der Waals surface area contributed by atoms with Crippen molar-refractivity contribution in [1.29, 1.82) is 0 Å². The Morgan fingerprint density at radius 1 is 1.08 bits per heavy atom. The van der Waals surface area contributed by atoms with Crippen molar-refractivity contribution in [2.24, 2.45) is 10.2 Å². The molecule has 0 amide bonds. The molecule has 0 fully saturated rings. The third kappa shape index (κ3) is 5.24. The summed E-state index contributed by atoms with van der Waals surface area (Å²) in [6, 6.07) is 15.7. The first-order valence-corrected chi connectivity index (χ1v) is 8.49. The highest BCUT2D eigenvalue weighted by Gasteiger charge is 2.13. The molecule has 4 heteroatoms. The van der Waals surface area contributed by atoms with Gasteiger partial charge in [-0.3, -0.25) is 0 Å². The number of azo groups is 1. The van der Waals surface area contributed by atoms with Crippen molar-refractivity contribution >= 4 is 11.7 Å². The summed E-state index contributed by atoms with van der Waals surface area (Å²) >= 11 is 0. The van der Waals surface area contributed by atoms with E-state index >= 15 is 0 Å². The molecule has 0 spiro atoms. The van der Waals surface area contributed by atoms with Crippen LogP contribution in [0.2, 0.25) is 0 Å². The van der Waals surface area contributed by atoms with E-state index in [9.17, 15) is 4.79 Å². The van der Waals surface area contributed by atoms with Gasteiger partial charge in [0, 0.05) is 0 Å². The molecule has 0 aromatic heterocycles. The predicted molar refractivity (Wildman–Crippen MR) is 101 cm³/mol. The van der Waals surface area contributed by atoms with E-state index in [4.69, 9.17) is 4.74 Å². The summed E-state index contributed by atoms with van der Waals surface area (Å²) in [5, 5.41) is 8.61. The zero-order chi connectivity index (χ0) is 18.4. The number of carbonyl (C=O) groups excluding carboxylic acids is 1. The van der Waals surface area contributed by atoms with Gasteiger partial charge >= 0.3 is 5.97 Å². The number of hydrogen-bond donors (Lipinski definition) is 0. The normalized spacial score (nSPS) is 13.0. The summed E-state index contributed by atoms with van der Waals surface area (Å²) in [5.74, 6) is -0.403. The molecule has 4 nitrogen and oxygen atoms in total. The fourth-order valence-corrected chi connectivity index (χ4v) is 2.53. The molecule has 0 saturated heterocycles. The lowest BCUT2D eigenvalue weighted by molar-refractivity contribution is 0.0601. The second-order valence-electron chi connectivity index (χ2n) is 7.22. The number of nitrogens with zero attached hydrogens (tertiary/aromatic N) is 2. The van der Waals surface area contributed by atoms with Crippen LogP contribution in [0.25, 0.3) is 0 Å². The number of carbonyl (C=O) groups is 1. The van der Waals surface area contributed by atoms with Crippen molar-refractivity contribution in [2.45, 2.75) is 45.6 Å². The van der Waals surface area contributed by atoms with Crippen molar-refractivity contribution in [3.63, 3.8) is 0 Å². The smallest absolute Gasteiger partial charge is 0.340 e. The maximum absolute atomic E-state index is 11.8. The number of rotatable bonds is 5. The summed E-state index contributed by atoms with van der Waals surface area (Å²) in [6.45, 7) is 8.63. The van der Waals surface area contributed by atoms with Crippen LogP contribution in [0.1, 0.15) is 49.2 Å². The summed E-state index contributed by atoms with van der Waals surface area (Å²) < 4.78 is 4.78. The van der Waals surface area contributed by atoms with Gasteiger partial charge < -0.3 is 4.74 Å². The van der Waals surface area contributed by atoms with Crippen molar-refractivity contribution in [3.05, 3.63) is 65.2 Å². The van der Waals surface area contributed by atoms with Crippen molar-refractivity contribution < 1.29 is 9.53 Å². The van der Waals surface area contributed by atoms with Crippen LogP contribution >= 0.6 is 0 Å². The third-order valence-electron chi connectivity index (χ3n) is 4.02. The van der Waals surface area contributed by atoms with E-state index in [1.807, 2.05) is 13.0 Å². The van der Waals surface area contributed by atoms with Crippen LogP contribution < -0.4 is 0 Å². The van der Waals surface area contributed by atoms with E-state index in [0.29, 0.717) is 11.3 Å². The lowest BCUT2D eigenvalue weighted by atomic mass is 9.86.